The summed E-state index contributed by atoms with van der Waals surface area (Å²) in [7, 11) is 1.94. The number of hydrogen-bond donors (Lipinski definition) is 0. The second-order valence-corrected chi connectivity index (χ2v) is 3.78. The summed E-state index contributed by atoms with van der Waals surface area (Å²) in [6.45, 7) is 5.43. The average Bonchev–Trinajstić information content (AvgIpc) is 2.56. The van der Waals surface area contributed by atoms with Crippen LogP contribution in [0.5, 0.6) is 0 Å². The fraction of sp³-hybridized carbons (Fsp3) is 0.154. The molecule has 0 bridgehead atoms. The van der Waals surface area contributed by atoms with Crippen LogP contribution < -0.4 is 0 Å². The zero-order chi connectivity index (χ0) is 11.0. The first-order valence-electron chi connectivity index (χ1n) is 4.85. The Labute approximate surface area is 88.8 Å². The predicted molar refractivity (Wildman–Crippen MR) is 62.1 cm³/mol. The lowest BCUT2D eigenvalue weighted by Gasteiger charge is -1.96. The summed E-state index contributed by atoms with van der Waals surface area (Å²) in [6.07, 6.45) is 1.86. The molecule has 0 amide bonds. The van der Waals surface area contributed by atoms with Gasteiger partial charge in [-0.15, -0.1) is 0 Å². The summed E-state index contributed by atoms with van der Waals surface area (Å²) in [4.78, 5) is 11.9. The summed E-state index contributed by atoms with van der Waals surface area (Å²) in [5.74, 6) is 0.0202. The zero-order valence-corrected chi connectivity index (χ0v) is 8.95. The van der Waals surface area contributed by atoms with Crippen molar-refractivity contribution in [2.24, 2.45) is 7.05 Å². The number of carbonyl (C=O) groups excluding carboxylic acids is 1. The third-order valence-corrected chi connectivity index (χ3v) is 2.53. The molecular weight excluding hydrogens is 186 g/mol. The molecule has 2 aromatic rings. The molecule has 76 valence electrons. The van der Waals surface area contributed by atoms with Crippen LogP contribution in [-0.2, 0) is 7.05 Å². The van der Waals surface area contributed by atoms with E-state index in [4.69, 9.17) is 0 Å². The van der Waals surface area contributed by atoms with Crippen LogP contribution in [-0.4, -0.2) is 10.4 Å². The van der Waals surface area contributed by atoms with E-state index in [9.17, 15) is 4.79 Å². The molecule has 0 N–H and O–H groups in total. The van der Waals surface area contributed by atoms with Gasteiger partial charge in [-0.3, -0.25) is 4.79 Å². The Bertz CT molecular complexity index is 549. The highest BCUT2D eigenvalue weighted by molar-refractivity contribution is 6.15. The fourth-order valence-corrected chi connectivity index (χ4v) is 1.75. The van der Waals surface area contributed by atoms with Crippen molar-refractivity contribution in [1.29, 1.82) is 0 Å². The molecule has 1 aromatic carbocycles. The van der Waals surface area contributed by atoms with Gasteiger partial charge in [-0.25, -0.2) is 0 Å². The molecular formula is C13H13NO. The van der Waals surface area contributed by atoms with Gasteiger partial charge in [0.15, 0.2) is 5.78 Å². The van der Waals surface area contributed by atoms with Gasteiger partial charge in [0.25, 0.3) is 0 Å². The van der Waals surface area contributed by atoms with E-state index in [1.54, 1.807) is 6.92 Å². The number of carbonyl (C=O) groups is 1. The van der Waals surface area contributed by atoms with E-state index in [1.165, 1.54) is 0 Å². The van der Waals surface area contributed by atoms with Crippen molar-refractivity contribution in [1.82, 2.24) is 4.57 Å². The molecule has 0 aliphatic heterocycles. The number of aromatic nitrogens is 1. The van der Waals surface area contributed by atoms with Crippen LogP contribution in [0.3, 0.4) is 0 Å². The van der Waals surface area contributed by atoms with Gasteiger partial charge in [0.05, 0.1) is 0 Å². The summed E-state index contributed by atoms with van der Waals surface area (Å²) in [6, 6.07) is 7.88. The van der Waals surface area contributed by atoms with Crippen molar-refractivity contribution < 1.29 is 4.79 Å². The molecule has 0 aliphatic carbocycles. The second kappa shape index (κ2) is 3.39. The highest BCUT2D eigenvalue weighted by atomic mass is 16.1. The van der Waals surface area contributed by atoms with Crippen molar-refractivity contribution in [2.75, 3.05) is 0 Å². The number of aryl methyl sites for hydroxylation is 1. The standard InChI is InChI=1S/C13H13NO/c1-9(2)13(15)11-8-14(3)12-7-5-4-6-10(11)12/h4-8H,1H2,2-3H3. The highest BCUT2D eigenvalue weighted by Crippen LogP contribution is 2.22. The smallest absolute Gasteiger partial charge is 0.190 e. The van der Waals surface area contributed by atoms with Crippen LogP contribution in [0.2, 0.25) is 0 Å². The summed E-state index contributed by atoms with van der Waals surface area (Å²) in [5.41, 5.74) is 2.38. The number of Topliss-reactive ketones (excluding diaryl/α,β-unsaturated/α-hetero) is 1. The molecule has 0 spiro atoms. The molecule has 0 unspecified atom stereocenters. The minimum Gasteiger partial charge on any atom is -0.350 e. The van der Waals surface area contributed by atoms with Gasteiger partial charge in [0.1, 0.15) is 0 Å². The van der Waals surface area contributed by atoms with Crippen LogP contribution in [0.15, 0.2) is 42.6 Å². The molecule has 0 radical (unpaired) electrons. The van der Waals surface area contributed by atoms with Crippen molar-refractivity contribution in [2.45, 2.75) is 6.92 Å². The fourth-order valence-electron chi connectivity index (χ4n) is 1.75. The number of ketones is 1. The van der Waals surface area contributed by atoms with E-state index in [1.807, 2.05) is 42.1 Å². The van der Waals surface area contributed by atoms with E-state index in [0.717, 1.165) is 16.5 Å². The lowest BCUT2D eigenvalue weighted by molar-refractivity contribution is 0.103. The molecule has 2 nitrogen and oxygen atoms in total. The number of allylic oxidation sites excluding steroid dienone is 1. The van der Waals surface area contributed by atoms with Crippen molar-refractivity contribution in [3.8, 4) is 0 Å². The maximum atomic E-state index is 11.9. The lowest BCUT2D eigenvalue weighted by atomic mass is 10.1. The molecule has 1 aromatic heterocycles. The third kappa shape index (κ3) is 1.48. The van der Waals surface area contributed by atoms with Gasteiger partial charge < -0.3 is 4.57 Å². The SMILES string of the molecule is C=C(C)C(=O)c1cn(C)c2ccccc12. The minimum atomic E-state index is 0.0202. The molecule has 2 rings (SSSR count). The maximum absolute atomic E-state index is 11.9. The van der Waals surface area contributed by atoms with Crippen molar-refractivity contribution in [3.05, 3.63) is 48.2 Å². The maximum Gasteiger partial charge on any atom is 0.190 e. The number of benzene rings is 1. The normalized spacial score (nSPS) is 10.5. The third-order valence-electron chi connectivity index (χ3n) is 2.53. The molecule has 0 saturated carbocycles. The number of fused-ring (bicyclic) bond motifs is 1. The Morgan fingerprint density at radius 1 is 1.33 bits per heavy atom. The van der Waals surface area contributed by atoms with Gasteiger partial charge in [-0.1, -0.05) is 24.8 Å². The Morgan fingerprint density at radius 3 is 2.67 bits per heavy atom. The van der Waals surface area contributed by atoms with Gasteiger partial charge in [-0.2, -0.15) is 0 Å². The molecule has 1 heterocycles. The Kier molecular flexibility index (Phi) is 2.19. The Morgan fingerprint density at radius 2 is 2.00 bits per heavy atom. The molecule has 15 heavy (non-hydrogen) atoms. The van der Waals surface area contributed by atoms with E-state index in [-0.39, 0.29) is 5.78 Å². The van der Waals surface area contributed by atoms with Crippen LogP contribution in [0.4, 0.5) is 0 Å². The Hall–Kier alpha value is -1.83. The Balaban J connectivity index is 2.72. The van der Waals surface area contributed by atoms with Crippen molar-refractivity contribution in [3.63, 3.8) is 0 Å². The van der Waals surface area contributed by atoms with E-state index >= 15 is 0 Å². The predicted octanol–water partition coefficient (Wildman–Crippen LogP) is 2.94. The first-order chi connectivity index (χ1) is 7.11. The number of para-hydroxylation sites is 1. The van der Waals surface area contributed by atoms with Crippen molar-refractivity contribution >= 4 is 16.7 Å². The van der Waals surface area contributed by atoms with Crippen LogP contribution in [0, 0.1) is 0 Å². The van der Waals surface area contributed by atoms with Crippen LogP contribution in [0.1, 0.15) is 17.3 Å². The van der Waals surface area contributed by atoms with Gasteiger partial charge >= 0.3 is 0 Å². The van der Waals surface area contributed by atoms with Gasteiger partial charge in [0, 0.05) is 29.7 Å². The number of nitrogens with zero attached hydrogens (tertiary/aromatic N) is 1. The van der Waals surface area contributed by atoms with Crippen LogP contribution in [0.25, 0.3) is 10.9 Å². The first kappa shape index (κ1) is 9.71. The highest BCUT2D eigenvalue weighted by Gasteiger charge is 2.13. The van der Waals surface area contributed by atoms with E-state index in [2.05, 4.69) is 6.58 Å². The second-order valence-electron chi connectivity index (χ2n) is 3.78. The molecule has 0 atom stereocenters. The quantitative estimate of drug-likeness (QED) is 0.538. The van der Waals surface area contributed by atoms with E-state index in [0.29, 0.717) is 5.57 Å². The monoisotopic (exact) mass is 199 g/mol. The molecule has 0 saturated heterocycles. The molecule has 2 heteroatoms. The lowest BCUT2D eigenvalue weighted by Crippen LogP contribution is -1.97. The first-order valence-corrected chi connectivity index (χ1v) is 4.85. The number of hydrogen-bond acceptors (Lipinski definition) is 1. The largest absolute Gasteiger partial charge is 0.350 e. The number of rotatable bonds is 2. The molecule has 0 fully saturated rings. The van der Waals surface area contributed by atoms with Gasteiger partial charge in [0.2, 0.25) is 0 Å². The average molecular weight is 199 g/mol. The minimum absolute atomic E-state index is 0.0202. The summed E-state index contributed by atoms with van der Waals surface area (Å²) >= 11 is 0. The summed E-state index contributed by atoms with van der Waals surface area (Å²) < 4.78 is 1.96. The van der Waals surface area contributed by atoms with E-state index < -0.39 is 0 Å². The van der Waals surface area contributed by atoms with Crippen LogP contribution >= 0.6 is 0 Å². The zero-order valence-electron chi connectivity index (χ0n) is 8.95. The summed E-state index contributed by atoms with van der Waals surface area (Å²) in [5, 5.41) is 0.994. The topological polar surface area (TPSA) is 22.0 Å². The van der Waals surface area contributed by atoms with Gasteiger partial charge in [-0.05, 0) is 18.6 Å². The molecule has 0 aliphatic rings.